The Balaban J connectivity index is 3.61. The van der Waals surface area contributed by atoms with E-state index in [0.717, 1.165) is 0 Å². The van der Waals surface area contributed by atoms with Crippen molar-refractivity contribution in [3.63, 3.8) is 0 Å². The third kappa shape index (κ3) is 5.52. The maximum absolute atomic E-state index is 10.9. The molecular formula is C7H16N4O. The van der Waals surface area contributed by atoms with Gasteiger partial charge in [-0.25, -0.2) is 4.79 Å². The molecular weight excluding hydrogens is 156 g/mol. The Kier molecular flexibility index (Phi) is 4.83. The summed E-state index contributed by atoms with van der Waals surface area (Å²) in [6.07, 6.45) is 0.386. The number of carbonyl (C=O) groups is 1. The Morgan fingerprint density at radius 2 is 2.25 bits per heavy atom. The molecule has 0 spiro atoms. The number of amidine groups is 1. The summed E-state index contributed by atoms with van der Waals surface area (Å²) in [5.41, 5.74) is 5.15. The lowest BCUT2D eigenvalue weighted by Gasteiger charge is -2.12. The first-order chi connectivity index (χ1) is 5.56. The van der Waals surface area contributed by atoms with Crippen LogP contribution >= 0.6 is 0 Å². The molecule has 0 aromatic rings. The Morgan fingerprint density at radius 1 is 1.67 bits per heavy atom. The highest BCUT2D eigenvalue weighted by atomic mass is 16.2. The summed E-state index contributed by atoms with van der Waals surface area (Å²) < 4.78 is 0. The summed E-state index contributed by atoms with van der Waals surface area (Å²) in [5, 5.41) is 12.2. The van der Waals surface area contributed by atoms with Gasteiger partial charge in [0, 0.05) is 19.0 Å². The van der Waals surface area contributed by atoms with Gasteiger partial charge in [0.05, 0.1) is 5.84 Å². The summed E-state index contributed by atoms with van der Waals surface area (Å²) >= 11 is 0. The zero-order chi connectivity index (χ0) is 9.56. The molecule has 70 valence electrons. The summed E-state index contributed by atoms with van der Waals surface area (Å²) in [7, 11) is 0. The predicted molar refractivity (Wildman–Crippen MR) is 48.2 cm³/mol. The summed E-state index contributed by atoms with van der Waals surface area (Å²) in [6, 6.07) is -0.305. The number of urea groups is 1. The lowest BCUT2D eigenvalue weighted by Crippen LogP contribution is -2.42. The number of nitrogens with two attached hydrogens (primary N) is 1. The molecule has 5 nitrogen and oxygen atoms in total. The van der Waals surface area contributed by atoms with Crippen molar-refractivity contribution in [1.29, 1.82) is 5.41 Å². The zero-order valence-electron chi connectivity index (χ0n) is 7.48. The SMILES string of the molecule is CCNC(=O)NC(C)CC(=N)N. The minimum atomic E-state index is -0.216. The maximum atomic E-state index is 10.9. The van der Waals surface area contributed by atoms with E-state index in [2.05, 4.69) is 10.6 Å². The van der Waals surface area contributed by atoms with Gasteiger partial charge >= 0.3 is 6.03 Å². The van der Waals surface area contributed by atoms with Crippen LogP contribution in [0, 0.1) is 5.41 Å². The molecule has 0 saturated heterocycles. The fourth-order valence-electron chi connectivity index (χ4n) is 0.816. The van der Waals surface area contributed by atoms with Crippen molar-refractivity contribution in [3.8, 4) is 0 Å². The van der Waals surface area contributed by atoms with E-state index >= 15 is 0 Å². The Hall–Kier alpha value is -1.26. The molecule has 1 atom stereocenters. The molecule has 0 radical (unpaired) electrons. The smallest absolute Gasteiger partial charge is 0.314 e. The molecule has 5 N–H and O–H groups in total. The quantitative estimate of drug-likeness (QED) is 0.355. The van der Waals surface area contributed by atoms with E-state index in [-0.39, 0.29) is 17.9 Å². The number of amides is 2. The van der Waals surface area contributed by atoms with Crippen LogP contribution in [0.15, 0.2) is 0 Å². The summed E-state index contributed by atoms with van der Waals surface area (Å²) in [6.45, 7) is 4.24. The number of carbonyl (C=O) groups excluding carboxylic acids is 1. The number of nitrogens with one attached hydrogen (secondary N) is 3. The number of hydrogen-bond acceptors (Lipinski definition) is 2. The van der Waals surface area contributed by atoms with E-state index in [1.807, 2.05) is 6.92 Å². The largest absolute Gasteiger partial charge is 0.388 e. The van der Waals surface area contributed by atoms with Crippen LogP contribution in [0.3, 0.4) is 0 Å². The second-order valence-electron chi connectivity index (χ2n) is 2.63. The fourth-order valence-corrected chi connectivity index (χ4v) is 0.816. The lowest BCUT2D eigenvalue weighted by molar-refractivity contribution is 0.238. The summed E-state index contributed by atoms with van der Waals surface area (Å²) in [5.74, 6) is 0.0827. The Bertz CT molecular complexity index is 169. The molecule has 0 aromatic heterocycles. The molecule has 2 amide bonds. The fraction of sp³-hybridized carbons (Fsp3) is 0.714. The molecule has 0 rings (SSSR count). The first kappa shape index (κ1) is 10.7. The Labute approximate surface area is 72.2 Å². The third-order valence-corrected chi connectivity index (χ3v) is 1.24. The minimum Gasteiger partial charge on any atom is -0.388 e. The van der Waals surface area contributed by atoms with Gasteiger partial charge in [-0.3, -0.25) is 5.41 Å². The highest BCUT2D eigenvalue weighted by Gasteiger charge is 2.06. The molecule has 1 unspecified atom stereocenters. The van der Waals surface area contributed by atoms with Gasteiger partial charge in [-0.1, -0.05) is 0 Å². The van der Waals surface area contributed by atoms with E-state index in [4.69, 9.17) is 11.1 Å². The molecule has 5 heteroatoms. The molecule has 0 bridgehead atoms. The molecule has 0 aromatic carbocycles. The van der Waals surface area contributed by atoms with Crippen LogP contribution in [0.5, 0.6) is 0 Å². The van der Waals surface area contributed by atoms with Gasteiger partial charge in [0.1, 0.15) is 0 Å². The normalized spacial score (nSPS) is 11.8. The van der Waals surface area contributed by atoms with Crippen molar-refractivity contribution in [1.82, 2.24) is 10.6 Å². The van der Waals surface area contributed by atoms with Crippen LogP contribution in [-0.2, 0) is 0 Å². The van der Waals surface area contributed by atoms with Crippen LogP contribution < -0.4 is 16.4 Å². The minimum absolute atomic E-state index is 0.0827. The molecule has 0 aliphatic carbocycles. The van der Waals surface area contributed by atoms with E-state index in [1.165, 1.54) is 0 Å². The van der Waals surface area contributed by atoms with Crippen LogP contribution in [0.1, 0.15) is 20.3 Å². The molecule has 12 heavy (non-hydrogen) atoms. The van der Waals surface area contributed by atoms with Crippen molar-refractivity contribution < 1.29 is 4.79 Å². The Morgan fingerprint density at radius 3 is 2.67 bits per heavy atom. The molecule has 0 saturated carbocycles. The predicted octanol–water partition coefficient (Wildman–Crippen LogP) is 0.0201. The molecule has 0 aliphatic rings. The second kappa shape index (κ2) is 5.40. The van der Waals surface area contributed by atoms with E-state index in [0.29, 0.717) is 13.0 Å². The van der Waals surface area contributed by atoms with E-state index < -0.39 is 0 Å². The van der Waals surface area contributed by atoms with Gasteiger partial charge < -0.3 is 16.4 Å². The highest BCUT2D eigenvalue weighted by molar-refractivity contribution is 5.79. The average Bonchev–Trinajstić information content (AvgIpc) is 1.84. The van der Waals surface area contributed by atoms with Crippen LogP contribution in [0.25, 0.3) is 0 Å². The van der Waals surface area contributed by atoms with Gasteiger partial charge in [-0.05, 0) is 13.8 Å². The monoisotopic (exact) mass is 172 g/mol. The standard InChI is InChI=1S/C7H16N4O/c1-3-10-7(12)11-5(2)4-6(8)9/h5H,3-4H2,1-2H3,(H3,8,9)(H2,10,11,12). The van der Waals surface area contributed by atoms with Crippen molar-refractivity contribution in [2.75, 3.05) is 6.54 Å². The third-order valence-electron chi connectivity index (χ3n) is 1.24. The van der Waals surface area contributed by atoms with Crippen LogP contribution in [0.2, 0.25) is 0 Å². The van der Waals surface area contributed by atoms with Crippen molar-refractivity contribution >= 4 is 11.9 Å². The van der Waals surface area contributed by atoms with Crippen LogP contribution in [-0.4, -0.2) is 24.5 Å². The van der Waals surface area contributed by atoms with Crippen molar-refractivity contribution in [2.45, 2.75) is 26.3 Å². The summed E-state index contributed by atoms with van der Waals surface area (Å²) in [4.78, 5) is 10.9. The topological polar surface area (TPSA) is 91.0 Å². The number of rotatable bonds is 4. The van der Waals surface area contributed by atoms with Gasteiger partial charge in [0.15, 0.2) is 0 Å². The first-order valence-corrected chi connectivity index (χ1v) is 3.93. The zero-order valence-corrected chi connectivity index (χ0v) is 7.48. The molecule has 0 heterocycles. The van der Waals surface area contributed by atoms with E-state index in [9.17, 15) is 4.79 Å². The van der Waals surface area contributed by atoms with Gasteiger partial charge in [0.2, 0.25) is 0 Å². The van der Waals surface area contributed by atoms with Gasteiger partial charge in [-0.2, -0.15) is 0 Å². The maximum Gasteiger partial charge on any atom is 0.314 e. The highest BCUT2D eigenvalue weighted by Crippen LogP contribution is 1.88. The number of hydrogen-bond donors (Lipinski definition) is 4. The van der Waals surface area contributed by atoms with Crippen molar-refractivity contribution in [3.05, 3.63) is 0 Å². The molecule has 0 aliphatic heterocycles. The van der Waals surface area contributed by atoms with Gasteiger partial charge in [-0.15, -0.1) is 0 Å². The molecule has 0 fully saturated rings. The average molecular weight is 172 g/mol. The second-order valence-corrected chi connectivity index (χ2v) is 2.63. The van der Waals surface area contributed by atoms with Gasteiger partial charge in [0.25, 0.3) is 0 Å². The van der Waals surface area contributed by atoms with Crippen LogP contribution in [0.4, 0.5) is 4.79 Å². The van der Waals surface area contributed by atoms with E-state index in [1.54, 1.807) is 6.92 Å². The first-order valence-electron chi connectivity index (χ1n) is 3.93. The van der Waals surface area contributed by atoms with Crippen molar-refractivity contribution in [2.24, 2.45) is 5.73 Å². The lowest BCUT2D eigenvalue weighted by atomic mass is 10.2.